The molecule has 1 aliphatic carbocycles. The van der Waals surface area contributed by atoms with Crippen LogP contribution in [-0.2, 0) is 0 Å². The van der Waals surface area contributed by atoms with E-state index < -0.39 is 0 Å². The van der Waals surface area contributed by atoms with Gasteiger partial charge in [-0.2, -0.15) is 0 Å². The van der Waals surface area contributed by atoms with Crippen molar-refractivity contribution in [2.24, 2.45) is 17.1 Å². The number of hydrogen-bond acceptors (Lipinski definition) is 1. The molecular weight excluding hydrogens is 122 g/mol. The van der Waals surface area contributed by atoms with Gasteiger partial charge in [-0.1, -0.05) is 27.2 Å². The second-order valence-corrected chi connectivity index (χ2v) is 4.57. The van der Waals surface area contributed by atoms with Crippen molar-refractivity contribution in [3.8, 4) is 0 Å². The highest BCUT2D eigenvalue weighted by atomic mass is 14.7. The Morgan fingerprint density at radius 3 is 2.00 bits per heavy atom. The summed E-state index contributed by atoms with van der Waals surface area (Å²) >= 11 is 0. The van der Waals surface area contributed by atoms with Crippen LogP contribution in [0.2, 0.25) is 0 Å². The van der Waals surface area contributed by atoms with Crippen molar-refractivity contribution in [1.29, 1.82) is 0 Å². The maximum Gasteiger partial charge on any atom is 0.00721 e. The molecule has 1 rings (SSSR count). The van der Waals surface area contributed by atoms with Gasteiger partial charge in [-0.05, 0) is 24.2 Å². The SMILES string of the molecule is CC(C)(C)[C@H]1CCC[C@@H]1N. The lowest BCUT2D eigenvalue weighted by molar-refractivity contribution is 0.224. The van der Waals surface area contributed by atoms with Crippen molar-refractivity contribution in [2.75, 3.05) is 0 Å². The van der Waals surface area contributed by atoms with Gasteiger partial charge in [0.2, 0.25) is 0 Å². The summed E-state index contributed by atoms with van der Waals surface area (Å²) < 4.78 is 0. The summed E-state index contributed by atoms with van der Waals surface area (Å²) in [4.78, 5) is 0. The third-order valence-corrected chi connectivity index (χ3v) is 2.68. The summed E-state index contributed by atoms with van der Waals surface area (Å²) in [5, 5.41) is 0. The number of nitrogens with two attached hydrogens (primary N) is 1. The van der Waals surface area contributed by atoms with Gasteiger partial charge in [-0.3, -0.25) is 0 Å². The van der Waals surface area contributed by atoms with E-state index in [1.54, 1.807) is 0 Å². The lowest BCUT2D eigenvalue weighted by atomic mass is 9.78. The fourth-order valence-corrected chi connectivity index (χ4v) is 2.06. The molecule has 0 aromatic heterocycles. The molecule has 60 valence electrons. The second kappa shape index (κ2) is 2.54. The van der Waals surface area contributed by atoms with E-state index in [4.69, 9.17) is 5.73 Å². The van der Waals surface area contributed by atoms with E-state index in [0.29, 0.717) is 11.5 Å². The predicted octanol–water partition coefficient (Wildman–Crippen LogP) is 2.16. The molecule has 0 bridgehead atoms. The molecular formula is C9H19N. The van der Waals surface area contributed by atoms with Crippen molar-refractivity contribution in [2.45, 2.75) is 46.1 Å². The maximum atomic E-state index is 5.97. The first kappa shape index (κ1) is 8.06. The Bertz CT molecular complexity index is 112. The van der Waals surface area contributed by atoms with Crippen LogP contribution in [0.5, 0.6) is 0 Å². The van der Waals surface area contributed by atoms with Gasteiger partial charge in [0.05, 0.1) is 0 Å². The minimum absolute atomic E-state index is 0.427. The third-order valence-electron chi connectivity index (χ3n) is 2.68. The van der Waals surface area contributed by atoms with Crippen molar-refractivity contribution >= 4 is 0 Å². The van der Waals surface area contributed by atoms with E-state index in [1.165, 1.54) is 19.3 Å². The fourth-order valence-electron chi connectivity index (χ4n) is 2.06. The monoisotopic (exact) mass is 141 g/mol. The Morgan fingerprint density at radius 1 is 1.20 bits per heavy atom. The van der Waals surface area contributed by atoms with Gasteiger partial charge in [-0.25, -0.2) is 0 Å². The van der Waals surface area contributed by atoms with Gasteiger partial charge in [0.1, 0.15) is 0 Å². The van der Waals surface area contributed by atoms with Crippen LogP contribution >= 0.6 is 0 Å². The molecule has 0 aliphatic heterocycles. The molecule has 0 spiro atoms. The number of hydrogen-bond donors (Lipinski definition) is 1. The summed E-state index contributed by atoms with van der Waals surface area (Å²) in [5.74, 6) is 0.757. The Kier molecular flexibility index (Phi) is 2.04. The molecule has 0 aromatic rings. The first-order chi connectivity index (χ1) is 4.52. The average molecular weight is 141 g/mol. The van der Waals surface area contributed by atoms with E-state index in [0.717, 1.165) is 5.92 Å². The quantitative estimate of drug-likeness (QED) is 0.549. The van der Waals surface area contributed by atoms with Crippen molar-refractivity contribution in [3.05, 3.63) is 0 Å². The summed E-state index contributed by atoms with van der Waals surface area (Å²) in [6.45, 7) is 6.88. The lowest BCUT2D eigenvalue weighted by Crippen LogP contribution is -2.33. The lowest BCUT2D eigenvalue weighted by Gasteiger charge is -2.30. The molecule has 0 radical (unpaired) electrons. The van der Waals surface area contributed by atoms with Crippen LogP contribution in [0.1, 0.15) is 40.0 Å². The second-order valence-electron chi connectivity index (χ2n) is 4.57. The van der Waals surface area contributed by atoms with Crippen molar-refractivity contribution in [3.63, 3.8) is 0 Å². The number of rotatable bonds is 0. The zero-order chi connectivity index (χ0) is 7.78. The van der Waals surface area contributed by atoms with Crippen LogP contribution in [-0.4, -0.2) is 6.04 Å². The molecule has 2 atom stereocenters. The summed E-state index contributed by atoms with van der Waals surface area (Å²) in [6.07, 6.45) is 3.91. The van der Waals surface area contributed by atoms with Crippen LogP contribution in [0.15, 0.2) is 0 Å². The topological polar surface area (TPSA) is 26.0 Å². The minimum atomic E-state index is 0.427. The zero-order valence-corrected chi connectivity index (χ0v) is 7.35. The molecule has 1 aliphatic rings. The Balaban J connectivity index is 2.55. The molecule has 0 unspecified atom stereocenters. The highest BCUT2D eigenvalue weighted by Crippen LogP contribution is 2.38. The molecule has 1 nitrogen and oxygen atoms in total. The summed E-state index contributed by atoms with van der Waals surface area (Å²) in [6, 6.07) is 0.472. The Morgan fingerprint density at radius 2 is 1.80 bits per heavy atom. The standard InChI is InChI=1S/C9H19N/c1-9(2,3)7-5-4-6-8(7)10/h7-8H,4-6,10H2,1-3H3/t7-,8-/m0/s1. The first-order valence-corrected chi connectivity index (χ1v) is 4.27. The first-order valence-electron chi connectivity index (χ1n) is 4.27. The van der Waals surface area contributed by atoms with Gasteiger partial charge in [0.25, 0.3) is 0 Å². The van der Waals surface area contributed by atoms with Crippen molar-refractivity contribution < 1.29 is 0 Å². The molecule has 1 saturated carbocycles. The predicted molar refractivity (Wildman–Crippen MR) is 44.8 cm³/mol. The van der Waals surface area contributed by atoms with Gasteiger partial charge < -0.3 is 5.73 Å². The molecule has 1 heteroatoms. The normalized spacial score (nSPS) is 34.8. The van der Waals surface area contributed by atoms with Crippen LogP contribution in [0, 0.1) is 11.3 Å². The molecule has 1 fully saturated rings. The third kappa shape index (κ3) is 1.51. The molecule has 2 N–H and O–H groups in total. The zero-order valence-electron chi connectivity index (χ0n) is 7.35. The van der Waals surface area contributed by atoms with Gasteiger partial charge in [0.15, 0.2) is 0 Å². The maximum absolute atomic E-state index is 5.97. The molecule has 0 aromatic carbocycles. The van der Waals surface area contributed by atoms with E-state index in [1.807, 2.05) is 0 Å². The van der Waals surface area contributed by atoms with E-state index >= 15 is 0 Å². The van der Waals surface area contributed by atoms with E-state index in [9.17, 15) is 0 Å². The Labute approximate surface area is 64.0 Å². The smallest absolute Gasteiger partial charge is 0.00721 e. The van der Waals surface area contributed by atoms with Crippen molar-refractivity contribution in [1.82, 2.24) is 0 Å². The Hall–Kier alpha value is -0.0400. The largest absolute Gasteiger partial charge is 0.327 e. The van der Waals surface area contributed by atoms with Gasteiger partial charge in [0, 0.05) is 6.04 Å². The molecule has 0 heterocycles. The average Bonchev–Trinajstić information content (AvgIpc) is 2.11. The summed E-state index contributed by atoms with van der Waals surface area (Å²) in [5.41, 5.74) is 6.39. The van der Waals surface area contributed by atoms with Crippen LogP contribution in [0.25, 0.3) is 0 Å². The molecule has 0 saturated heterocycles. The van der Waals surface area contributed by atoms with Crippen LogP contribution < -0.4 is 5.73 Å². The van der Waals surface area contributed by atoms with Gasteiger partial charge >= 0.3 is 0 Å². The molecule has 10 heavy (non-hydrogen) atoms. The minimum Gasteiger partial charge on any atom is -0.327 e. The van der Waals surface area contributed by atoms with E-state index in [-0.39, 0.29) is 0 Å². The highest BCUT2D eigenvalue weighted by Gasteiger charge is 2.33. The van der Waals surface area contributed by atoms with E-state index in [2.05, 4.69) is 20.8 Å². The van der Waals surface area contributed by atoms with Crippen LogP contribution in [0.3, 0.4) is 0 Å². The van der Waals surface area contributed by atoms with Gasteiger partial charge in [-0.15, -0.1) is 0 Å². The van der Waals surface area contributed by atoms with Crippen LogP contribution in [0.4, 0.5) is 0 Å². The highest BCUT2D eigenvalue weighted by molar-refractivity contribution is 4.87. The summed E-state index contributed by atoms with van der Waals surface area (Å²) in [7, 11) is 0. The molecule has 0 amide bonds. The fraction of sp³-hybridized carbons (Fsp3) is 1.00.